The molecule has 1 N–H and O–H groups in total. The van der Waals surface area contributed by atoms with E-state index in [4.69, 9.17) is 0 Å². The van der Waals surface area contributed by atoms with Gasteiger partial charge < -0.3 is 4.90 Å². The number of hydrogen-bond donors (Lipinski definition) is 1. The monoisotopic (exact) mass is 277 g/mol. The number of anilines is 2. The molecule has 0 fully saturated rings. The third-order valence-corrected chi connectivity index (χ3v) is 4.33. The van der Waals surface area contributed by atoms with Crippen LogP contribution in [0.3, 0.4) is 0 Å². The molecule has 0 bridgehead atoms. The summed E-state index contributed by atoms with van der Waals surface area (Å²) in [6.07, 6.45) is 3.47. The number of nitrogens with zero attached hydrogens (tertiary/aromatic N) is 2. The SMILES string of the molecule is c1ccc(N/N=C2\CCN3CCCc4cccc2c43)cc1. The zero-order valence-electron chi connectivity index (χ0n) is 12.0. The van der Waals surface area contributed by atoms with Crippen LogP contribution >= 0.6 is 0 Å². The van der Waals surface area contributed by atoms with Crippen LogP contribution in [0.5, 0.6) is 0 Å². The van der Waals surface area contributed by atoms with Crippen molar-refractivity contribution in [2.45, 2.75) is 19.3 Å². The number of para-hydroxylation sites is 2. The molecule has 0 spiro atoms. The molecule has 106 valence electrons. The van der Waals surface area contributed by atoms with Gasteiger partial charge in [0.25, 0.3) is 0 Å². The minimum Gasteiger partial charge on any atom is -0.370 e. The van der Waals surface area contributed by atoms with Gasteiger partial charge in [-0.1, -0.05) is 36.4 Å². The number of aryl methyl sites for hydroxylation is 1. The average Bonchev–Trinajstić information content (AvgIpc) is 2.56. The van der Waals surface area contributed by atoms with Gasteiger partial charge in [-0.2, -0.15) is 5.10 Å². The molecule has 0 atom stereocenters. The Morgan fingerprint density at radius 2 is 1.81 bits per heavy atom. The van der Waals surface area contributed by atoms with E-state index in [2.05, 4.69) is 33.6 Å². The molecule has 3 nitrogen and oxygen atoms in total. The summed E-state index contributed by atoms with van der Waals surface area (Å²) in [7, 11) is 0. The van der Waals surface area contributed by atoms with Crippen LogP contribution in [0.4, 0.5) is 11.4 Å². The number of nitrogens with one attached hydrogen (secondary N) is 1. The van der Waals surface area contributed by atoms with Gasteiger partial charge in [0.2, 0.25) is 0 Å². The van der Waals surface area contributed by atoms with E-state index in [9.17, 15) is 0 Å². The molecule has 21 heavy (non-hydrogen) atoms. The molecule has 3 heteroatoms. The molecule has 0 aliphatic carbocycles. The first-order valence-electron chi connectivity index (χ1n) is 7.67. The maximum Gasteiger partial charge on any atom is 0.0717 e. The molecule has 4 rings (SSSR count). The van der Waals surface area contributed by atoms with Crippen molar-refractivity contribution >= 4 is 17.1 Å². The maximum absolute atomic E-state index is 4.67. The van der Waals surface area contributed by atoms with Crippen molar-refractivity contribution < 1.29 is 0 Å². The van der Waals surface area contributed by atoms with Crippen LogP contribution in [-0.2, 0) is 6.42 Å². The Morgan fingerprint density at radius 1 is 0.905 bits per heavy atom. The van der Waals surface area contributed by atoms with Crippen molar-refractivity contribution in [2.75, 3.05) is 23.4 Å². The highest BCUT2D eigenvalue weighted by Crippen LogP contribution is 2.35. The first-order valence-corrected chi connectivity index (χ1v) is 7.67. The molecule has 2 aliphatic rings. The highest BCUT2D eigenvalue weighted by atomic mass is 15.3. The lowest BCUT2D eigenvalue weighted by Gasteiger charge is -2.37. The zero-order chi connectivity index (χ0) is 14.1. The zero-order valence-corrected chi connectivity index (χ0v) is 12.0. The Balaban J connectivity index is 1.69. The number of hydrogen-bond acceptors (Lipinski definition) is 3. The summed E-state index contributed by atoms with van der Waals surface area (Å²) in [5, 5.41) is 4.67. The molecular weight excluding hydrogens is 258 g/mol. The molecule has 0 saturated carbocycles. The van der Waals surface area contributed by atoms with Crippen molar-refractivity contribution in [1.29, 1.82) is 0 Å². The Kier molecular flexibility index (Phi) is 3.11. The van der Waals surface area contributed by atoms with Gasteiger partial charge in [0.05, 0.1) is 11.4 Å². The Labute approximate surface area is 125 Å². The van der Waals surface area contributed by atoms with Crippen LogP contribution in [0, 0.1) is 0 Å². The van der Waals surface area contributed by atoms with Crippen LogP contribution in [0.2, 0.25) is 0 Å². The van der Waals surface area contributed by atoms with Gasteiger partial charge >= 0.3 is 0 Å². The fourth-order valence-corrected chi connectivity index (χ4v) is 3.33. The van der Waals surface area contributed by atoms with Gasteiger partial charge in [-0.15, -0.1) is 0 Å². The fraction of sp³-hybridized carbons (Fsp3) is 0.278. The summed E-state index contributed by atoms with van der Waals surface area (Å²) in [5.41, 5.74) is 9.61. The summed E-state index contributed by atoms with van der Waals surface area (Å²) >= 11 is 0. The van der Waals surface area contributed by atoms with E-state index >= 15 is 0 Å². The predicted molar refractivity (Wildman–Crippen MR) is 88.2 cm³/mol. The Morgan fingerprint density at radius 3 is 2.71 bits per heavy atom. The average molecular weight is 277 g/mol. The summed E-state index contributed by atoms with van der Waals surface area (Å²) in [4.78, 5) is 2.52. The third-order valence-electron chi connectivity index (χ3n) is 4.33. The second kappa shape index (κ2) is 5.24. The van der Waals surface area contributed by atoms with E-state index in [0.717, 1.165) is 18.7 Å². The van der Waals surface area contributed by atoms with Crippen LogP contribution in [0.1, 0.15) is 24.0 Å². The minimum atomic E-state index is 1.01. The third kappa shape index (κ3) is 2.29. The standard InChI is InChI=1S/C18H19N3/c1-2-8-15(9-3-1)19-20-17-11-13-21-12-5-7-14-6-4-10-16(17)18(14)21/h1-4,6,8-10,19H,5,7,11-13H2/b20-17+. The Bertz CT molecular complexity index is 676. The second-order valence-corrected chi connectivity index (χ2v) is 5.69. The highest BCUT2D eigenvalue weighted by Gasteiger charge is 2.26. The van der Waals surface area contributed by atoms with E-state index in [1.165, 1.54) is 41.9 Å². The minimum absolute atomic E-state index is 1.01. The molecule has 2 aliphatic heterocycles. The van der Waals surface area contributed by atoms with E-state index in [0.29, 0.717) is 0 Å². The highest BCUT2D eigenvalue weighted by molar-refractivity contribution is 6.08. The number of rotatable bonds is 2. The molecule has 0 aromatic heterocycles. The fourth-order valence-electron chi connectivity index (χ4n) is 3.33. The van der Waals surface area contributed by atoms with Gasteiger partial charge in [0.1, 0.15) is 0 Å². The summed E-state index contributed by atoms with van der Waals surface area (Å²) < 4.78 is 0. The van der Waals surface area contributed by atoms with E-state index in [1.54, 1.807) is 0 Å². The smallest absolute Gasteiger partial charge is 0.0717 e. The second-order valence-electron chi connectivity index (χ2n) is 5.69. The van der Waals surface area contributed by atoms with Gasteiger partial charge in [-0.05, 0) is 30.5 Å². The van der Waals surface area contributed by atoms with E-state index in [-0.39, 0.29) is 0 Å². The molecule has 0 radical (unpaired) electrons. The topological polar surface area (TPSA) is 27.6 Å². The van der Waals surface area contributed by atoms with Crippen molar-refractivity contribution in [3.05, 3.63) is 59.7 Å². The lowest BCUT2D eigenvalue weighted by Crippen LogP contribution is -2.37. The summed E-state index contributed by atoms with van der Waals surface area (Å²) in [5.74, 6) is 0. The van der Waals surface area contributed by atoms with Crippen molar-refractivity contribution in [3.63, 3.8) is 0 Å². The van der Waals surface area contributed by atoms with Gasteiger partial charge in [0.15, 0.2) is 0 Å². The molecule has 2 aromatic rings. The van der Waals surface area contributed by atoms with Crippen molar-refractivity contribution in [3.8, 4) is 0 Å². The van der Waals surface area contributed by atoms with Crippen LogP contribution in [0.25, 0.3) is 0 Å². The molecule has 0 unspecified atom stereocenters. The first kappa shape index (κ1) is 12.5. The molecule has 0 saturated heterocycles. The van der Waals surface area contributed by atoms with E-state index < -0.39 is 0 Å². The quantitative estimate of drug-likeness (QED) is 0.848. The van der Waals surface area contributed by atoms with Gasteiger partial charge in [0, 0.05) is 30.8 Å². The summed E-state index contributed by atoms with van der Waals surface area (Å²) in [6.45, 7) is 2.27. The molecule has 2 heterocycles. The van der Waals surface area contributed by atoms with Crippen LogP contribution in [0.15, 0.2) is 53.6 Å². The predicted octanol–water partition coefficient (Wildman–Crippen LogP) is 3.66. The van der Waals surface area contributed by atoms with Crippen molar-refractivity contribution in [1.82, 2.24) is 0 Å². The summed E-state index contributed by atoms with van der Waals surface area (Å²) in [6, 6.07) is 16.8. The van der Waals surface area contributed by atoms with E-state index in [1.807, 2.05) is 30.3 Å². The lowest BCUT2D eigenvalue weighted by molar-refractivity contribution is 0.688. The first-order chi connectivity index (χ1) is 10.4. The normalized spacial score (nSPS) is 18.5. The lowest BCUT2D eigenvalue weighted by atomic mass is 9.91. The van der Waals surface area contributed by atoms with Gasteiger partial charge in [-0.25, -0.2) is 0 Å². The van der Waals surface area contributed by atoms with Crippen LogP contribution in [-0.4, -0.2) is 18.8 Å². The number of hydrazone groups is 1. The Hall–Kier alpha value is -2.29. The molecular formula is C18H19N3. The molecule has 2 aromatic carbocycles. The number of benzene rings is 2. The maximum atomic E-state index is 4.67. The van der Waals surface area contributed by atoms with Gasteiger partial charge in [-0.3, -0.25) is 5.43 Å². The molecule has 0 amide bonds. The largest absolute Gasteiger partial charge is 0.370 e. The van der Waals surface area contributed by atoms with Crippen LogP contribution < -0.4 is 10.3 Å². The van der Waals surface area contributed by atoms with Crippen molar-refractivity contribution in [2.24, 2.45) is 5.10 Å².